The third-order valence-electron chi connectivity index (χ3n) is 5.15. The molecule has 3 aliphatic rings. The van der Waals surface area contributed by atoms with E-state index in [-0.39, 0.29) is 5.92 Å². The van der Waals surface area contributed by atoms with Gasteiger partial charge >= 0.3 is 0 Å². The van der Waals surface area contributed by atoms with E-state index in [2.05, 4.69) is 4.90 Å². The van der Waals surface area contributed by atoms with Gasteiger partial charge in [0.2, 0.25) is 0 Å². The first kappa shape index (κ1) is 12.2. The molecular weight excluding hydrogens is 281 g/mol. The van der Waals surface area contributed by atoms with E-state index in [1.165, 1.54) is 18.4 Å². The number of hydrogen-bond acceptors (Lipinski definition) is 2. The van der Waals surface area contributed by atoms with E-state index in [1.807, 2.05) is 18.2 Å². The van der Waals surface area contributed by atoms with Crippen molar-refractivity contribution in [3.05, 3.63) is 33.8 Å². The number of rotatable bonds is 1. The van der Waals surface area contributed by atoms with Crippen LogP contribution in [0.25, 0.3) is 0 Å². The molecule has 5 atom stereocenters. The zero-order valence-electron chi connectivity index (χ0n) is 10.5. The largest absolute Gasteiger partial charge is 0.298 e. The van der Waals surface area contributed by atoms with Gasteiger partial charge in [0.25, 0.3) is 0 Å². The van der Waals surface area contributed by atoms with Crippen molar-refractivity contribution in [3.8, 4) is 0 Å². The molecule has 0 saturated carbocycles. The van der Waals surface area contributed by atoms with Gasteiger partial charge in [-0.25, -0.2) is 0 Å². The highest BCUT2D eigenvalue weighted by atomic mass is 35.5. The number of carbonyl (C=O) groups excluding carboxylic acids is 1. The minimum Gasteiger partial charge on any atom is -0.298 e. The van der Waals surface area contributed by atoms with E-state index < -0.39 is 0 Å². The molecule has 0 aliphatic carbocycles. The molecule has 1 aromatic rings. The summed E-state index contributed by atoms with van der Waals surface area (Å²) in [6.07, 6.45) is 3.51. The molecule has 4 bridgehead atoms. The summed E-state index contributed by atoms with van der Waals surface area (Å²) in [6, 6.07) is 6.92. The van der Waals surface area contributed by atoms with E-state index in [0.717, 1.165) is 6.42 Å². The fourth-order valence-electron chi connectivity index (χ4n) is 4.37. The van der Waals surface area contributed by atoms with E-state index >= 15 is 0 Å². The third kappa shape index (κ3) is 1.70. The summed E-state index contributed by atoms with van der Waals surface area (Å²) in [5.41, 5.74) is 1.19. The molecule has 3 aliphatic heterocycles. The van der Waals surface area contributed by atoms with E-state index in [1.54, 1.807) is 0 Å². The lowest BCUT2D eigenvalue weighted by molar-refractivity contribution is -0.120. The summed E-state index contributed by atoms with van der Waals surface area (Å²) in [7, 11) is 0. The summed E-state index contributed by atoms with van der Waals surface area (Å²) < 4.78 is 0. The Kier molecular flexibility index (Phi) is 2.70. The minimum absolute atomic E-state index is 0.177. The third-order valence-corrected chi connectivity index (χ3v) is 5.89. The van der Waals surface area contributed by atoms with Gasteiger partial charge in [-0.1, -0.05) is 29.3 Å². The van der Waals surface area contributed by atoms with Crippen molar-refractivity contribution >= 4 is 29.0 Å². The summed E-state index contributed by atoms with van der Waals surface area (Å²) in [6.45, 7) is 0.665. The second-order valence-electron chi connectivity index (χ2n) is 5.98. The number of halogens is 2. The van der Waals surface area contributed by atoms with Gasteiger partial charge in [0.1, 0.15) is 0 Å². The molecule has 0 radical (unpaired) electrons. The predicted octanol–water partition coefficient (Wildman–Crippen LogP) is 3.51. The number of ketones is 1. The normalized spacial score (nSPS) is 39.9. The molecule has 3 saturated heterocycles. The van der Waals surface area contributed by atoms with Crippen molar-refractivity contribution in [2.45, 2.75) is 37.3 Å². The maximum Gasteiger partial charge on any atom is 0.152 e. The van der Waals surface area contributed by atoms with Crippen LogP contribution in [0.5, 0.6) is 0 Å². The second-order valence-corrected chi connectivity index (χ2v) is 6.79. The van der Waals surface area contributed by atoms with Crippen LogP contribution >= 0.6 is 23.2 Å². The van der Waals surface area contributed by atoms with E-state index in [0.29, 0.717) is 40.4 Å². The summed E-state index contributed by atoms with van der Waals surface area (Å²) in [5, 5.41) is 1.18. The average molecular weight is 296 g/mol. The Morgan fingerprint density at radius 3 is 2.79 bits per heavy atom. The van der Waals surface area contributed by atoms with Crippen molar-refractivity contribution < 1.29 is 4.79 Å². The topological polar surface area (TPSA) is 20.3 Å². The standard InChI is InChI=1S/C15H15Cl2NO/c16-11-3-1-8(5-12(11)17)10-6-9-2-4-13-15(10)14(19)7-18(9)13/h1,3,5,9-10,13,15H,2,4,6-7H2. The Balaban J connectivity index is 1.75. The highest BCUT2D eigenvalue weighted by molar-refractivity contribution is 6.42. The highest BCUT2D eigenvalue weighted by Gasteiger charge is 2.55. The monoisotopic (exact) mass is 295 g/mol. The number of Topliss-reactive ketones (excluding diaryl/α,β-unsaturated/α-hetero) is 1. The van der Waals surface area contributed by atoms with Crippen LogP contribution in [0.1, 0.15) is 30.7 Å². The Morgan fingerprint density at radius 1 is 1.16 bits per heavy atom. The number of carbonyl (C=O) groups is 1. The molecule has 4 rings (SSSR count). The van der Waals surface area contributed by atoms with Crippen molar-refractivity contribution in [2.24, 2.45) is 5.92 Å². The van der Waals surface area contributed by atoms with Crippen molar-refractivity contribution in [2.75, 3.05) is 6.54 Å². The molecule has 4 heteroatoms. The summed E-state index contributed by atoms with van der Waals surface area (Å²) in [4.78, 5) is 14.7. The van der Waals surface area contributed by atoms with Crippen LogP contribution in [0.2, 0.25) is 10.0 Å². The number of hydrogen-bond donors (Lipinski definition) is 0. The average Bonchev–Trinajstić information content (AvgIpc) is 2.78. The van der Waals surface area contributed by atoms with Crippen LogP contribution in [-0.2, 0) is 4.79 Å². The molecule has 2 nitrogen and oxygen atoms in total. The molecule has 100 valence electrons. The SMILES string of the molecule is O=C1CN2C3CCC2C1C(c1ccc(Cl)c(Cl)c1)C3. The molecule has 3 heterocycles. The highest BCUT2D eigenvalue weighted by Crippen LogP contribution is 2.51. The molecule has 0 N–H and O–H groups in total. The first-order valence-electron chi connectivity index (χ1n) is 6.88. The maximum absolute atomic E-state index is 12.3. The predicted molar refractivity (Wildman–Crippen MR) is 75.8 cm³/mol. The van der Waals surface area contributed by atoms with Gasteiger partial charge in [0.05, 0.1) is 16.6 Å². The van der Waals surface area contributed by atoms with Crippen LogP contribution in [0, 0.1) is 5.92 Å². The van der Waals surface area contributed by atoms with E-state index in [4.69, 9.17) is 23.2 Å². The molecule has 0 amide bonds. The zero-order valence-corrected chi connectivity index (χ0v) is 12.0. The summed E-state index contributed by atoms with van der Waals surface area (Å²) in [5.74, 6) is 0.929. The lowest BCUT2D eigenvalue weighted by Crippen LogP contribution is -2.40. The van der Waals surface area contributed by atoms with Gasteiger partial charge in [0, 0.05) is 18.0 Å². The van der Waals surface area contributed by atoms with E-state index in [9.17, 15) is 4.79 Å². The molecule has 19 heavy (non-hydrogen) atoms. The zero-order chi connectivity index (χ0) is 13.1. The fourth-order valence-corrected chi connectivity index (χ4v) is 4.68. The molecule has 5 unspecified atom stereocenters. The molecular formula is C15H15Cl2NO. The maximum atomic E-state index is 12.3. The van der Waals surface area contributed by atoms with Crippen molar-refractivity contribution in [1.29, 1.82) is 0 Å². The van der Waals surface area contributed by atoms with Crippen LogP contribution < -0.4 is 0 Å². The molecule has 0 spiro atoms. The number of nitrogens with zero attached hydrogens (tertiary/aromatic N) is 1. The van der Waals surface area contributed by atoms with Gasteiger partial charge in [-0.05, 0) is 42.9 Å². The first-order valence-corrected chi connectivity index (χ1v) is 7.64. The number of piperidine rings is 1. The van der Waals surface area contributed by atoms with Crippen LogP contribution in [0.15, 0.2) is 18.2 Å². The van der Waals surface area contributed by atoms with Crippen molar-refractivity contribution in [1.82, 2.24) is 4.90 Å². The van der Waals surface area contributed by atoms with Crippen LogP contribution in [-0.4, -0.2) is 29.3 Å². The van der Waals surface area contributed by atoms with Gasteiger partial charge < -0.3 is 0 Å². The first-order chi connectivity index (χ1) is 9.15. The minimum atomic E-state index is 0.177. The van der Waals surface area contributed by atoms with Crippen LogP contribution in [0.4, 0.5) is 0 Å². The summed E-state index contributed by atoms with van der Waals surface area (Å²) >= 11 is 12.1. The van der Waals surface area contributed by atoms with Gasteiger partial charge in [-0.3, -0.25) is 9.69 Å². The molecule has 0 aromatic heterocycles. The molecule has 3 fully saturated rings. The quantitative estimate of drug-likeness (QED) is 0.790. The smallest absolute Gasteiger partial charge is 0.152 e. The Hall–Kier alpha value is -0.570. The number of benzene rings is 1. The second kappa shape index (κ2) is 4.21. The lowest BCUT2D eigenvalue weighted by Gasteiger charge is -2.36. The fraction of sp³-hybridized carbons (Fsp3) is 0.533. The van der Waals surface area contributed by atoms with Gasteiger partial charge in [0.15, 0.2) is 5.78 Å². The van der Waals surface area contributed by atoms with Gasteiger partial charge in [-0.2, -0.15) is 0 Å². The lowest BCUT2D eigenvalue weighted by atomic mass is 9.77. The van der Waals surface area contributed by atoms with Crippen molar-refractivity contribution in [3.63, 3.8) is 0 Å². The Labute approximate surface area is 122 Å². The molecule has 1 aromatic carbocycles. The Morgan fingerprint density at radius 2 is 2.00 bits per heavy atom. The Bertz CT molecular complexity index is 559. The van der Waals surface area contributed by atoms with Gasteiger partial charge in [-0.15, -0.1) is 0 Å². The van der Waals surface area contributed by atoms with Crippen LogP contribution in [0.3, 0.4) is 0 Å².